The summed E-state index contributed by atoms with van der Waals surface area (Å²) in [4.78, 5) is -0.374. The molecule has 0 amide bonds. The van der Waals surface area contributed by atoms with E-state index in [4.69, 9.17) is 5.14 Å². The predicted octanol–water partition coefficient (Wildman–Crippen LogP) is 4.23. The monoisotopic (exact) mass is 355 g/mol. The van der Waals surface area contributed by atoms with Gasteiger partial charge in [-0.15, -0.1) is 5.11 Å². The zero-order valence-corrected chi connectivity index (χ0v) is 14.6. The lowest BCUT2D eigenvalue weighted by atomic mass is 10.1. The summed E-state index contributed by atoms with van der Waals surface area (Å²) in [5.41, 5.74) is 3.08. The van der Waals surface area contributed by atoms with Crippen molar-refractivity contribution in [2.45, 2.75) is 18.7 Å². The maximum absolute atomic E-state index is 11.8. The van der Waals surface area contributed by atoms with Crippen LogP contribution in [-0.4, -0.2) is 13.5 Å². The Bertz CT molecular complexity index is 1090. The molecule has 0 spiro atoms. The molecule has 0 saturated carbocycles. The molecule has 0 aliphatic carbocycles. The molecule has 0 aliphatic rings. The minimum absolute atomic E-state index is 0.316. The van der Waals surface area contributed by atoms with Crippen molar-refractivity contribution in [3.63, 3.8) is 0 Å². The third-order valence-corrected chi connectivity index (χ3v) is 4.67. The van der Waals surface area contributed by atoms with E-state index in [0.717, 1.165) is 11.1 Å². The molecular formula is C18H17N3O3S. The van der Waals surface area contributed by atoms with E-state index in [-0.39, 0.29) is 10.6 Å². The topological polar surface area (TPSA) is 105 Å². The van der Waals surface area contributed by atoms with Gasteiger partial charge in [0.15, 0.2) is 0 Å². The fourth-order valence-corrected chi connectivity index (χ4v) is 3.39. The van der Waals surface area contributed by atoms with Gasteiger partial charge in [-0.2, -0.15) is 5.11 Å². The second-order valence-corrected chi connectivity index (χ2v) is 7.41. The zero-order chi connectivity index (χ0) is 18.2. The molecule has 0 bridgehead atoms. The van der Waals surface area contributed by atoms with Crippen molar-refractivity contribution in [3.8, 4) is 5.75 Å². The van der Waals surface area contributed by atoms with Crippen LogP contribution in [0.1, 0.15) is 11.1 Å². The van der Waals surface area contributed by atoms with Crippen molar-refractivity contribution in [1.29, 1.82) is 0 Å². The van der Waals surface area contributed by atoms with Gasteiger partial charge in [0.05, 0.1) is 11.4 Å². The van der Waals surface area contributed by atoms with Gasteiger partial charge in [-0.3, -0.25) is 0 Å². The molecule has 0 atom stereocenters. The number of azo groups is 1. The summed E-state index contributed by atoms with van der Waals surface area (Å²) < 4.78 is 23.5. The first-order valence-electron chi connectivity index (χ1n) is 7.53. The fraction of sp³-hybridized carbons (Fsp3) is 0.111. The Morgan fingerprint density at radius 1 is 0.920 bits per heavy atom. The fourth-order valence-electron chi connectivity index (χ4n) is 2.74. The number of aryl methyl sites for hydroxylation is 2. The number of phenols is 1. The van der Waals surface area contributed by atoms with Crippen LogP contribution in [-0.2, 0) is 10.0 Å². The van der Waals surface area contributed by atoms with E-state index in [1.54, 1.807) is 24.3 Å². The van der Waals surface area contributed by atoms with Crippen LogP contribution < -0.4 is 5.14 Å². The lowest BCUT2D eigenvalue weighted by Gasteiger charge is -2.08. The molecule has 25 heavy (non-hydrogen) atoms. The lowest BCUT2D eigenvalue weighted by molar-refractivity contribution is 0.465. The normalized spacial score (nSPS) is 12.1. The molecule has 0 heterocycles. The Balaban J connectivity index is 2.21. The lowest BCUT2D eigenvalue weighted by Crippen LogP contribution is -2.12. The molecule has 0 fully saturated rings. The molecule has 128 valence electrons. The second-order valence-electron chi connectivity index (χ2n) is 5.88. The highest BCUT2D eigenvalue weighted by Crippen LogP contribution is 2.38. The van der Waals surface area contributed by atoms with Crippen LogP contribution in [0.25, 0.3) is 10.8 Å². The van der Waals surface area contributed by atoms with Crippen molar-refractivity contribution in [1.82, 2.24) is 0 Å². The molecule has 0 aliphatic heterocycles. The maximum Gasteiger partial charge on any atom is 0.241 e. The Hall–Kier alpha value is -2.77. The van der Waals surface area contributed by atoms with Crippen molar-refractivity contribution in [3.05, 3.63) is 59.7 Å². The first-order valence-corrected chi connectivity index (χ1v) is 9.08. The van der Waals surface area contributed by atoms with Crippen molar-refractivity contribution < 1.29 is 13.5 Å². The summed E-state index contributed by atoms with van der Waals surface area (Å²) in [6, 6.07) is 13.8. The third-order valence-electron chi connectivity index (χ3n) is 3.75. The van der Waals surface area contributed by atoms with E-state index in [1.165, 1.54) is 6.07 Å². The molecule has 0 radical (unpaired) electrons. The largest absolute Gasteiger partial charge is 0.506 e. The molecule has 3 rings (SSSR count). The van der Waals surface area contributed by atoms with Crippen molar-refractivity contribution in [2.24, 2.45) is 15.4 Å². The predicted molar refractivity (Wildman–Crippen MR) is 97.1 cm³/mol. The highest BCUT2D eigenvalue weighted by atomic mass is 32.2. The standard InChI is InChI=1S/C18H17N3O3S/c1-11-7-12(2)9-13(8-11)20-21-16-10-17(25(19,23)24)18(22)15-6-4-3-5-14(15)16/h3-10,22H,1-2H3,(H2,19,23,24). The number of hydrogen-bond acceptors (Lipinski definition) is 5. The van der Waals surface area contributed by atoms with E-state index >= 15 is 0 Å². The molecule has 0 aromatic heterocycles. The highest BCUT2D eigenvalue weighted by molar-refractivity contribution is 7.89. The van der Waals surface area contributed by atoms with Gasteiger partial charge in [-0.1, -0.05) is 30.3 Å². The Kier molecular flexibility index (Phi) is 4.28. The SMILES string of the molecule is Cc1cc(C)cc(N=Nc2cc(S(N)(=O)=O)c(O)c3ccccc23)c1. The first-order chi connectivity index (χ1) is 11.8. The molecular weight excluding hydrogens is 338 g/mol. The summed E-state index contributed by atoms with van der Waals surface area (Å²) in [6.07, 6.45) is 0. The van der Waals surface area contributed by atoms with Gasteiger partial charge in [0, 0.05) is 10.8 Å². The molecule has 0 saturated heterocycles. The minimum atomic E-state index is -4.10. The van der Waals surface area contributed by atoms with Crippen LogP contribution in [0.5, 0.6) is 5.75 Å². The van der Waals surface area contributed by atoms with E-state index < -0.39 is 10.0 Å². The number of sulfonamides is 1. The van der Waals surface area contributed by atoms with E-state index in [9.17, 15) is 13.5 Å². The van der Waals surface area contributed by atoms with Gasteiger partial charge in [-0.05, 0) is 43.2 Å². The number of phenolic OH excluding ortho intramolecular Hbond substituents is 1. The molecule has 6 nitrogen and oxygen atoms in total. The number of hydrogen-bond donors (Lipinski definition) is 2. The van der Waals surface area contributed by atoms with Gasteiger partial charge in [0.25, 0.3) is 0 Å². The molecule has 3 aromatic rings. The second kappa shape index (κ2) is 6.27. The molecule has 3 aromatic carbocycles. The quantitative estimate of drug-likeness (QED) is 0.687. The van der Waals surface area contributed by atoms with E-state index in [2.05, 4.69) is 10.2 Å². The van der Waals surface area contributed by atoms with Crippen molar-refractivity contribution >= 4 is 32.2 Å². The van der Waals surface area contributed by atoms with Crippen LogP contribution in [0.2, 0.25) is 0 Å². The molecule has 3 N–H and O–H groups in total. The summed E-state index contributed by atoms with van der Waals surface area (Å²) in [6.45, 7) is 3.92. The number of nitrogens with two attached hydrogens (primary N) is 1. The zero-order valence-electron chi connectivity index (χ0n) is 13.8. The molecule has 7 heteroatoms. The van der Waals surface area contributed by atoms with E-state index in [1.807, 2.05) is 32.0 Å². The summed E-state index contributed by atoms with van der Waals surface area (Å²) in [7, 11) is -4.10. The van der Waals surface area contributed by atoms with E-state index in [0.29, 0.717) is 22.1 Å². The summed E-state index contributed by atoms with van der Waals surface area (Å²) >= 11 is 0. The van der Waals surface area contributed by atoms with Gasteiger partial charge in [0.2, 0.25) is 10.0 Å². The van der Waals surface area contributed by atoms with Gasteiger partial charge in [0.1, 0.15) is 10.6 Å². The van der Waals surface area contributed by atoms with Gasteiger partial charge < -0.3 is 5.11 Å². The average Bonchev–Trinajstić information content (AvgIpc) is 2.52. The minimum Gasteiger partial charge on any atom is -0.506 e. The smallest absolute Gasteiger partial charge is 0.241 e. The number of rotatable bonds is 3. The third kappa shape index (κ3) is 3.52. The van der Waals surface area contributed by atoms with Crippen LogP contribution in [0, 0.1) is 13.8 Å². The van der Waals surface area contributed by atoms with Gasteiger partial charge in [-0.25, -0.2) is 13.6 Å². The maximum atomic E-state index is 11.8. The summed E-state index contributed by atoms with van der Waals surface area (Å²) in [5.74, 6) is -0.386. The Morgan fingerprint density at radius 2 is 1.52 bits per heavy atom. The Morgan fingerprint density at radius 3 is 2.12 bits per heavy atom. The first kappa shape index (κ1) is 17.1. The molecule has 0 unspecified atom stereocenters. The highest BCUT2D eigenvalue weighted by Gasteiger charge is 2.19. The van der Waals surface area contributed by atoms with Crippen LogP contribution in [0.15, 0.2) is 63.7 Å². The number of primary sulfonamides is 1. The van der Waals surface area contributed by atoms with Gasteiger partial charge >= 0.3 is 0 Å². The summed E-state index contributed by atoms with van der Waals surface area (Å²) in [5, 5.41) is 24.8. The number of aromatic hydroxyl groups is 1. The number of benzene rings is 3. The van der Waals surface area contributed by atoms with Crippen molar-refractivity contribution in [2.75, 3.05) is 0 Å². The van der Waals surface area contributed by atoms with Crippen LogP contribution >= 0.6 is 0 Å². The van der Waals surface area contributed by atoms with Crippen LogP contribution in [0.4, 0.5) is 11.4 Å². The number of fused-ring (bicyclic) bond motifs is 1. The Labute approximate surface area is 145 Å². The number of nitrogens with zero attached hydrogens (tertiary/aromatic N) is 2. The van der Waals surface area contributed by atoms with Crippen LogP contribution in [0.3, 0.4) is 0 Å². The average molecular weight is 355 g/mol.